The SMILES string of the molecule is CC[C@H](C)[C@@H]1Nc2c(Cc3ccc(O)cc3)cc(NC(=O)[C@H](CCCN=C(N)N)NC(=O)[C@@H](N)CC(=O)O)cc2CN(CC(=O)N2CCC[C@H]2C(=O)N[C@@H](Cc2ccccc2)C(=O)O)C1=O. The number of carbonyl (C=O) groups is 7. The van der Waals surface area contributed by atoms with Crippen molar-refractivity contribution in [2.45, 2.75) is 102 Å². The number of nitrogens with one attached hydrogen (secondary N) is 4. The zero-order chi connectivity index (χ0) is 48.1. The lowest BCUT2D eigenvalue weighted by Gasteiger charge is -2.30. The maximum absolute atomic E-state index is 14.6. The summed E-state index contributed by atoms with van der Waals surface area (Å²) in [5.41, 5.74) is 20.3. The largest absolute Gasteiger partial charge is 0.508 e. The third-order valence-electron chi connectivity index (χ3n) is 11.8. The number of phenols is 1. The van der Waals surface area contributed by atoms with Crippen molar-refractivity contribution in [3.8, 4) is 5.75 Å². The van der Waals surface area contributed by atoms with Gasteiger partial charge in [0.1, 0.15) is 36.5 Å². The maximum Gasteiger partial charge on any atom is 0.326 e. The number of carboxylic acids is 2. The molecule has 1 fully saturated rings. The first-order chi connectivity index (χ1) is 31.4. The van der Waals surface area contributed by atoms with Gasteiger partial charge in [-0.1, -0.05) is 62.7 Å². The van der Waals surface area contributed by atoms with Gasteiger partial charge in [-0.15, -0.1) is 0 Å². The fourth-order valence-electron chi connectivity index (χ4n) is 8.05. The molecule has 3 aromatic rings. The Bertz CT molecular complexity index is 2270. The first-order valence-corrected chi connectivity index (χ1v) is 21.9. The molecule has 2 aliphatic rings. The van der Waals surface area contributed by atoms with Crippen LogP contribution in [0.1, 0.15) is 74.6 Å². The number of aliphatic imine (C=N–C) groups is 1. The molecule has 0 aromatic heterocycles. The quantitative estimate of drug-likeness (QED) is 0.0409. The molecule has 3 aromatic carbocycles. The third-order valence-corrected chi connectivity index (χ3v) is 11.8. The van der Waals surface area contributed by atoms with Gasteiger partial charge < -0.3 is 63.6 Å². The van der Waals surface area contributed by atoms with Crippen LogP contribution in [0, 0.1) is 5.92 Å². The highest BCUT2D eigenvalue weighted by molar-refractivity contribution is 5.99. The predicted molar refractivity (Wildman–Crippen MR) is 245 cm³/mol. The highest BCUT2D eigenvalue weighted by Gasteiger charge is 2.40. The number of fused-ring (bicyclic) bond motifs is 1. The highest BCUT2D eigenvalue weighted by atomic mass is 16.4. The Morgan fingerprint density at radius 3 is 2.30 bits per heavy atom. The van der Waals surface area contributed by atoms with Crippen molar-refractivity contribution in [2.75, 3.05) is 30.3 Å². The number of guanidine groups is 1. The molecule has 13 N–H and O–H groups in total. The Labute approximate surface area is 382 Å². The van der Waals surface area contributed by atoms with Gasteiger partial charge >= 0.3 is 11.9 Å². The molecule has 66 heavy (non-hydrogen) atoms. The summed E-state index contributed by atoms with van der Waals surface area (Å²) >= 11 is 0. The highest BCUT2D eigenvalue weighted by Crippen LogP contribution is 2.35. The van der Waals surface area contributed by atoms with E-state index >= 15 is 0 Å². The van der Waals surface area contributed by atoms with Crippen molar-refractivity contribution in [1.29, 1.82) is 0 Å². The maximum atomic E-state index is 14.6. The number of carbonyl (C=O) groups excluding carboxylic acids is 5. The first-order valence-electron chi connectivity index (χ1n) is 21.9. The van der Waals surface area contributed by atoms with E-state index in [9.17, 15) is 48.9 Å². The summed E-state index contributed by atoms with van der Waals surface area (Å²) in [6.07, 6.45) is 1.31. The second kappa shape index (κ2) is 23.1. The average Bonchev–Trinajstić information content (AvgIpc) is 3.73. The fraction of sp³-hybridized carbons (Fsp3) is 0.435. The molecular weight excluding hydrogens is 853 g/mol. The van der Waals surface area contributed by atoms with Gasteiger partial charge in [0.05, 0.1) is 12.5 Å². The van der Waals surface area contributed by atoms with Crippen molar-refractivity contribution in [1.82, 2.24) is 20.4 Å². The molecule has 0 unspecified atom stereocenters. The number of aliphatic carboxylic acids is 2. The van der Waals surface area contributed by atoms with E-state index in [0.717, 1.165) is 5.56 Å². The summed E-state index contributed by atoms with van der Waals surface area (Å²) < 4.78 is 0. The number of nitrogens with two attached hydrogens (primary N) is 3. The van der Waals surface area contributed by atoms with E-state index in [4.69, 9.17) is 17.2 Å². The molecule has 2 aliphatic heterocycles. The molecule has 5 amide bonds. The van der Waals surface area contributed by atoms with E-state index in [1.54, 1.807) is 54.6 Å². The smallest absolute Gasteiger partial charge is 0.326 e. The molecule has 0 aliphatic carbocycles. The Kier molecular flexibility index (Phi) is 17.4. The number of nitrogens with zero attached hydrogens (tertiary/aromatic N) is 3. The number of carboxylic acid groups (broad SMARTS) is 2. The molecule has 6 atom stereocenters. The average molecular weight is 913 g/mol. The fourth-order valence-corrected chi connectivity index (χ4v) is 8.05. The lowest BCUT2D eigenvalue weighted by Crippen LogP contribution is -2.54. The van der Waals surface area contributed by atoms with Crippen molar-refractivity contribution < 1.29 is 48.9 Å². The van der Waals surface area contributed by atoms with E-state index in [1.165, 1.54) is 21.9 Å². The van der Waals surface area contributed by atoms with E-state index in [0.29, 0.717) is 41.6 Å². The summed E-state index contributed by atoms with van der Waals surface area (Å²) in [7, 11) is 0. The molecular formula is C46H60N10O10. The Hall–Kier alpha value is -7.22. The minimum atomic E-state index is -1.44. The summed E-state index contributed by atoms with van der Waals surface area (Å²) in [4.78, 5) is 99.7. The number of hydrogen-bond acceptors (Lipinski definition) is 11. The first kappa shape index (κ1) is 49.8. The molecule has 20 heteroatoms. The van der Waals surface area contributed by atoms with Crippen LogP contribution in [0.15, 0.2) is 71.7 Å². The van der Waals surface area contributed by atoms with Crippen molar-refractivity contribution in [3.63, 3.8) is 0 Å². The van der Waals surface area contributed by atoms with Crippen molar-refractivity contribution in [2.24, 2.45) is 28.1 Å². The van der Waals surface area contributed by atoms with Crippen LogP contribution in [0.3, 0.4) is 0 Å². The number of likely N-dealkylation sites (tertiary alicyclic amines) is 1. The topological polar surface area (TPSA) is 325 Å². The van der Waals surface area contributed by atoms with Crippen LogP contribution in [-0.2, 0) is 52.9 Å². The zero-order valence-electron chi connectivity index (χ0n) is 37.1. The Morgan fingerprint density at radius 1 is 0.939 bits per heavy atom. The van der Waals surface area contributed by atoms with Gasteiger partial charge in [0.15, 0.2) is 5.96 Å². The molecule has 0 bridgehead atoms. The summed E-state index contributed by atoms with van der Waals surface area (Å²) in [6, 6.07) is 13.1. The van der Waals surface area contributed by atoms with Gasteiger partial charge in [-0.2, -0.15) is 0 Å². The van der Waals surface area contributed by atoms with Gasteiger partial charge in [0.25, 0.3) is 0 Å². The predicted octanol–water partition coefficient (Wildman–Crippen LogP) is 1.23. The van der Waals surface area contributed by atoms with Gasteiger partial charge in [-0.25, -0.2) is 4.79 Å². The van der Waals surface area contributed by atoms with Crippen LogP contribution < -0.4 is 38.5 Å². The number of amides is 5. The Morgan fingerprint density at radius 2 is 1.65 bits per heavy atom. The normalized spacial score (nSPS) is 17.5. The molecule has 0 saturated carbocycles. The molecule has 5 rings (SSSR count). The second-order valence-corrected chi connectivity index (χ2v) is 16.8. The van der Waals surface area contributed by atoms with E-state index in [-0.39, 0.29) is 74.5 Å². The van der Waals surface area contributed by atoms with Gasteiger partial charge in [0, 0.05) is 37.4 Å². The monoisotopic (exact) mass is 912 g/mol. The van der Waals surface area contributed by atoms with Crippen LogP contribution in [0.4, 0.5) is 11.4 Å². The zero-order valence-corrected chi connectivity index (χ0v) is 37.1. The van der Waals surface area contributed by atoms with Gasteiger partial charge in [0.2, 0.25) is 29.5 Å². The summed E-state index contributed by atoms with van der Waals surface area (Å²) in [5, 5.41) is 40.7. The van der Waals surface area contributed by atoms with E-state index < -0.39 is 78.7 Å². The molecule has 354 valence electrons. The number of rotatable bonds is 21. The molecule has 0 radical (unpaired) electrons. The van der Waals surface area contributed by atoms with Crippen molar-refractivity contribution >= 4 is 58.8 Å². The van der Waals surface area contributed by atoms with Gasteiger partial charge in [-0.3, -0.25) is 33.8 Å². The summed E-state index contributed by atoms with van der Waals surface area (Å²) in [6.45, 7) is 3.69. The van der Waals surface area contributed by atoms with E-state index in [1.807, 2.05) is 13.8 Å². The van der Waals surface area contributed by atoms with Crippen LogP contribution >= 0.6 is 0 Å². The minimum Gasteiger partial charge on any atom is -0.508 e. The lowest BCUT2D eigenvalue weighted by molar-refractivity contribution is -0.146. The third kappa shape index (κ3) is 13.6. The number of phenolic OH excluding ortho intramolecular Hbond substituents is 1. The minimum absolute atomic E-state index is 0.0428. The number of anilines is 2. The van der Waals surface area contributed by atoms with Gasteiger partial charge in [-0.05, 0) is 84.5 Å². The second-order valence-electron chi connectivity index (χ2n) is 16.8. The van der Waals surface area contributed by atoms with Crippen LogP contribution in [0.5, 0.6) is 5.75 Å². The van der Waals surface area contributed by atoms with Crippen LogP contribution in [-0.4, -0.2) is 122 Å². The lowest BCUT2D eigenvalue weighted by atomic mass is 9.95. The van der Waals surface area contributed by atoms with Crippen LogP contribution in [0.2, 0.25) is 0 Å². The number of aromatic hydroxyl groups is 1. The van der Waals surface area contributed by atoms with E-state index in [2.05, 4.69) is 26.3 Å². The number of benzene rings is 3. The van der Waals surface area contributed by atoms with Crippen molar-refractivity contribution in [3.05, 3.63) is 89.0 Å². The molecule has 1 saturated heterocycles. The molecule has 20 nitrogen and oxygen atoms in total. The molecule has 0 spiro atoms. The Balaban J connectivity index is 1.46. The summed E-state index contributed by atoms with van der Waals surface area (Å²) in [5.74, 6) is -5.86. The number of hydrogen-bond donors (Lipinski definition) is 10. The van der Waals surface area contributed by atoms with Crippen LogP contribution in [0.25, 0.3) is 0 Å². The molecule has 2 heterocycles. The standard InChI is InChI=1S/C46H60N10O10/c1-3-26(2)39-44(64)55(25-37(58)56-18-8-12-36(56)43(63)53-35(45(65)66)20-27-9-5-4-6-10-27)24-30-22-31(21-29(40(30)54-39)19-28-13-15-32(57)16-14-28)51-42(62)34(11-7-17-50-46(48)49)52-41(61)33(47)23-38(59)60/h4-6,9-10,13-16,21-22,26,33-36,39,54,57H,3,7-8,11-12,17-20,23-25,47H2,1-2H3,(H,51,62)(H,52,61)(H,53,63)(H,59,60)(H,65,66)(H4,48,49,50)/t26-,33-,34-,35-,36-,39-/m0/s1.